The number of benzene rings is 2. The molecular weight excluding hydrogens is 370 g/mol. The van der Waals surface area contributed by atoms with Crippen LogP contribution in [0.25, 0.3) is 5.65 Å². The Labute approximate surface area is 168 Å². The predicted octanol–water partition coefficient (Wildman–Crippen LogP) is 4.57. The summed E-state index contributed by atoms with van der Waals surface area (Å²) in [5, 5.41) is 0.509. The molecule has 0 unspecified atom stereocenters. The summed E-state index contributed by atoms with van der Waals surface area (Å²) in [7, 11) is 2.05. The first kappa shape index (κ1) is 18.4. The van der Waals surface area contributed by atoms with Gasteiger partial charge in [-0.15, -0.1) is 0 Å². The minimum Gasteiger partial charge on any atom is -0.290 e. The molecule has 4 rings (SSSR count). The molecule has 2 heterocycles. The number of nitrogens with zero attached hydrogens (tertiary/aromatic N) is 3. The molecular formula is C23H20ClN3O. The Morgan fingerprint density at radius 1 is 0.964 bits per heavy atom. The van der Waals surface area contributed by atoms with E-state index in [1.165, 1.54) is 15.5 Å². The Morgan fingerprint density at radius 3 is 2.18 bits per heavy atom. The van der Waals surface area contributed by atoms with E-state index in [0.717, 1.165) is 5.69 Å². The second kappa shape index (κ2) is 7.97. The van der Waals surface area contributed by atoms with Gasteiger partial charge in [-0.25, -0.2) is 4.98 Å². The van der Waals surface area contributed by atoms with E-state index in [4.69, 9.17) is 11.6 Å². The minimum absolute atomic E-state index is 0.0628. The van der Waals surface area contributed by atoms with Crippen LogP contribution >= 0.6 is 11.6 Å². The Bertz CT molecular complexity index is 1100. The topological polar surface area (TPSA) is 37.6 Å². The third-order valence-corrected chi connectivity index (χ3v) is 4.98. The molecule has 0 spiro atoms. The van der Waals surface area contributed by atoms with Crippen molar-refractivity contribution in [1.29, 1.82) is 0 Å². The molecule has 2 aromatic heterocycles. The summed E-state index contributed by atoms with van der Waals surface area (Å²) in [6.07, 6.45) is 1.59. The monoisotopic (exact) mass is 389 g/mol. The lowest BCUT2D eigenvalue weighted by molar-refractivity contribution is 0.267. The highest BCUT2D eigenvalue weighted by molar-refractivity contribution is 6.30. The van der Waals surface area contributed by atoms with Gasteiger partial charge in [0, 0.05) is 18.8 Å². The van der Waals surface area contributed by atoms with Gasteiger partial charge in [-0.1, -0.05) is 72.3 Å². The summed E-state index contributed by atoms with van der Waals surface area (Å²) >= 11 is 6.00. The van der Waals surface area contributed by atoms with E-state index in [9.17, 15) is 4.79 Å². The van der Waals surface area contributed by atoms with E-state index in [1.807, 2.05) is 36.4 Å². The summed E-state index contributed by atoms with van der Waals surface area (Å²) in [6.45, 7) is 0.544. The third kappa shape index (κ3) is 3.84. The molecule has 0 fully saturated rings. The quantitative estimate of drug-likeness (QED) is 0.501. The van der Waals surface area contributed by atoms with E-state index in [1.54, 1.807) is 24.4 Å². The summed E-state index contributed by atoms with van der Waals surface area (Å²) in [6, 6.07) is 25.9. The lowest BCUT2D eigenvalue weighted by Gasteiger charge is -2.29. The standard InChI is InChI=1S/C23H20ClN3O/c1-26(16-20-14-22(28)27-15-19(24)12-13-21(27)25-20)23(17-8-4-2-5-9-17)18-10-6-3-7-11-18/h2-15,23H,16H2,1H3. The number of pyridine rings is 1. The summed E-state index contributed by atoms with van der Waals surface area (Å²) in [5.41, 5.74) is 3.58. The first-order chi connectivity index (χ1) is 13.6. The van der Waals surface area contributed by atoms with Crippen LogP contribution in [-0.4, -0.2) is 21.3 Å². The van der Waals surface area contributed by atoms with Crippen LogP contribution in [0.1, 0.15) is 22.9 Å². The van der Waals surface area contributed by atoms with Crippen molar-refractivity contribution in [1.82, 2.24) is 14.3 Å². The lowest BCUT2D eigenvalue weighted by Crippen LogP contribution is -2.27. The van der Waals surface area contributed by atoms with Gasteiger partial charge >= 0.3 is 0 Å². The van der Waals surface area contributed by atoms with Crippen molar-refractivity contribution in [3.05, 3.63) is 117 Å². The molecule has 2 aromatic carbocycles. The molecule has 0 atom stereocenters. The molecule has 5 heteroatoms. The summed E-state index contributed by atoms with van der Waals surface area (Å²) in [5.74, 6) is 0. The number of fused-ring (bicyclic) bond motifs is 1. The molecule has 0 aliphatic carbocycles. The number of hydrogen-bond donors (Lipinski definition) is 0. The van der Waals surface area contributed by atoms with Crippen molar-refractivity contribution >= 4 is 17.2 Å². The van der Waals surface area contributed by atoms with Crippen LogP contribution in [-0.2, 0) is 6.54 Å². The van der Waals surface area contributed by atoms with Crippen molar-refractivity contribution in [3.8, 4) is 0 Å². The molecule has 0 radical (unpaired) electrons. The van der Waals surface area contributed by atoms with E-state index in [2.05, 4.69) is 41.2 Å². The maximum absolute atomic E-state index is 12.5. The molecule has 140 valence electrons. The zero-order valence-electron chi connectivity index (χ0n) is 15.5. The normalized spacial score (nSPS) is 11.4. The number of halogens is 1. The van der Waals surface area contributed by atoms with Crippen molar-refractivity contribution in [2.45, 2.75) is 12.6 Å². The largest absolute Gasteiger partial charge is 0.290 e. The average molecular weight is 390 g/mol. The molecule has 0 saturated heterocycles. The van der Waals surface area contributed by atoms with Crippen molar-refractivity contribution in [2.24, 2.45) is 0 Å². The van der Waals surface area contributed by atoms with Gasteiger partial charge in [-0.3, -0.25) is 14.1 Å². The van der Waals surface area contributed by atoms with E-state index in [-0.39, 0.29) is 11.6 Å². The molecule has 0 aliphatic heterocycles. The van der Waals surface area contributed by atoms with Gasteiger partial charge in [0.2, 0.25) is 0 Å². The maximum Gasteiger partial charge on any atom is 0.258 e. The van der Waals surface area contributed by atoms with Gasteiger partial charge in [-0.2, -0.15) is 0 Å². The highest BCUT2D eigenvalue weighted by Gasteiger charge is 2.20. The molecule has 0 N–H and O–H groups in total. The first-order valence-corrected chi connectivity index (χ1v) is 9.47. The van der Waals surface area contributed by atoms with Gasteiger partial charge < -0.3 is 0 Å². The van der Waals surface area contributed by atoms with Crippen molar-refractivity contribution in [3.63, 3.8) is 0 Å². The molecule has 0 saturated carbocycles. The fourth-order valence-electron chi connectivity index (χ4n) is 3.53. The summed E-state index contributed by atoms with van der Waals surface area (Å²) in [4.78, 5) is 19.3. The Hall–Kier alpha value is -2.95. The summed E-state index contributed by atoms with van der Waals surface area (Å²) < 4.78 is 1.47. The fraction of sp³-hybridized carbons (Fsp3) is 0.130. The van der Waals surface area contributed by atoms with E-state index >= 15 is 0 Å². The van der Waals surface area contributed by atoms with Crippen LogP contribution in [0.3, 0.4) is 0 Å². The van der Waals surface area contributed by atoms with Crippen LogP contribution in [0.5, 0.6) is 0 Å². The average Bonchev–Trinajstić information content (AvgIpc) is 2.70. The minimum atomic E-state index is -0.133. The Balaban J connectivity index is 1.70. The smallest absolute Gasteiger partial charge is 0.258 e. The predicted molar refractivity (Wildman–Crippen MR) is 113 cm³/mol. The highest BCUT2D eigenvalue weighted by atomic mass is 35.5. The van der Waals surface area contributed by atoms with Crippen LogP contribution in [0.4, 0.5) is 0 Å². The highest BCUT2D eigenvalue weighted by Crippen LogP contribution is 2.28. The number of rotatable bonds is 5. The molecule has 0 amide bonds. The van der Waals surface area contributed by atoms with Gasteiger partial charge in [0.15, 0.2) is 0 Å². The second-order valence-corrected chi connectivity index (χ2v) is 7.24. The number of hydrogen-bond acceptors (Lipinski definition) is 3. The van der Waals surface area contributed by atoms with Gasteiger partial charge in [0.1, 0.15) is 5.65 Å². The van der Waals surface area contributed by atoms with Gasteiger partial charge in [0.05, 0.1) is 16.8 Å². The van der Waals surface area contributed by atoms with Gasteiger partial charge in [-0.05, 0) is 30.3 Å². The fourth-order valence-corrected chi connectivity index (χ4v) is 3.69. The zero-order valence-corrected chi connectivity index (χ0v) is 16.3. The van der Waals surface area contributed by atoms with Crippen LogP contribution < -0.4 is 5.56 Å². The SMILES string of the molecule is CN(Cc1cc(=O)n2cc(Cl)ccc2n1)C(c1ccccc1)c1ccccc1. The zero-order chi connectivity index (χ0) is 19.5. The molecule has 4 nitrogen and oxygen atoms in total. The molecule has 28 heavy (non-hydrogen) atoms. The lowest BCUT2D eigenvalue weighted by atomic mass is 9.97. The molecule has 0 aliphatic rings. The van der Waals surface area contributed by atoms with Crippen molar-refractivity contribution in [2.75, 3.05) is 7.05 Å². The van der Waals surface area contributed by atoms with E-state index < -0.39 is 0 Å². The Kier molecular flexibility index (Phi) is 5.24. The first-order valence-electron chi connectivity index (χ1n) is 9.10. The molecule has 4 aromatic rings. The molecule has 0 bridgehead atoms. The maximum atomic E-state index is 12.5. The van der Waals surface area contributed by atoms with E-state index in [0.29, 0.717) is 17.2 Å². The number of aromatic nitrogens is 2. The third-order valence-electron chi connectivity index (χ3n) is 4.76. The van der Waals surface area contributed by atoms with Gasteiger partial charge in [0.25, 0.3) is 5.56 Å². The van der Waals surface area contributed by atoms with Crippen LogP contribution in [0.2, 0.25) is 5.02 Å². The second-order valence-electron chi connectivity index (χ2n) is 6.80. The van der Waals surface area contributed by atoms with Crippen LogP contribution in [0, 0.1) is 0 Å². The van der Waals surface area contributed by atoms with Crippen LogP contribution in [0.15, 0.2) is 89.9 Å². The Morgan fingerprint density at radius 2 is 1.57 bits per heavy atom. The van der Waals surface area contributed by atoms with Crippen molar-refractivity contribution < 1.29 is 0 Å².